The van der Waals surface area contributed by atoms with Crippen molar-refractivity contribution in [1.82, 2.24) is 9.88 Å². The first-order valence-electron chi connectivity index (χ1n) is 6.05. The summed E-state index contributed by atoms with van der Waals surface area (Å²) in [6.45, 7) is 3.96. The van der Waals surface area contributed by atoms with Crippen LogP contribution in [0.15, 0.2) is 35.3 Å². The highest BCUT2D eigenvalue weighted by molar-refractivity contribution is 9.10. The molecule has 4 nitrogen and oxygen atoms in total. The molecular formula is C14H14BrFN2O2. The minimum atomic E-state index is -0.401. The van der Waals surface area contributed by atoms with Crippen LogP contribution in [0.1, 0.15) is 10.5 Å². The lowest BCUT2D eigenvalue weighted by atomic mass is 10.2. The van der Waals surface area contributed by atoms with Crippen LogP contribution >= 0.6 is 15.9 Å². The maximum absolute atomic E-state index is 13.8. The van der Waals surface area contributed by atoms with E-state index in [0.717, 1.165) is 0 Å². The number of rotatable bonds is 5. The van der Waals surface area contributed by atoms with Gasteiger partial charge in [-0.05, 0) is 18.2 Å². The lowest BCUT2D eigenvalue weighted by Crippen LogP contribution is -2.33. The molecule has 1 aromatic carbocycles. The average Bonchev–Trinajstić information content (AvgIpc) is 2.81. The molecule has 1 amide bonds. The number of hydrogen-bond donors (Lipinski definition) is 2. The summed E-state index contributed by atoms with van der Waals surface area (Å²) in [5, 5.41) is 9.34. The summed E-state index contributed by atoms with van der Waals surface area (Å²) in [6, 6.07) is 4.53. The van der Waals surface area contributed by atoms with E-state index in [4.69, 9.17) is 5.11 Å². The zero-order valence-corrected chi connectivity index (χ0v) is 12.3. The van der Waals surface area contributed by atoms with Gasteiger partial charge in [-0.25, -0.2) is 4.39 Å². The SMILES string of the molecule is C=CCN(CCO)C(=O)c1cc2c(F)cc(Br)cc2[nH]1. The largest absolute Gasteiger partial charge is 0.395 e. The molecule has 0 radical (unpaired) electrons. The molecule has 0 unspecified atom stereocenters. The monoisotopic (exact) mass is 340 g/mol. The number of aliphatic hydroxyl groups is 1. The molecule has 2 aromatic rings. The van der Waals surface area contributed by atoms with Gasteiger partial charge in [0, 0.05) is 22.9 Å². The van der Waals surface area contributed by atoms with Gasteiger partial charge in [-0.2, -0.15) is 0 Å². The molecule has 0 bridgehead atoms. The molecule has 2 rings (SSSR count). The van der Waals surface area contributed by atoms with Gasteiger partial charge in [-0.1, -0.05) is 22.0 Å². The number of carbonyl (C=O) groups is 1. The Bertz CT molecular complexity index is 654. The topological polar surface area (TPSA) is 56.3 Å². The zero-order valence-electron chi connectivity index (χ0n) is 10.7. The predicted molar refractivity (Wildman–Crippen MR) is 79.1 cm³/mol. The number of H-pyrrole nitrogens is 1. The molecule has 0 aliphatic carbocycles. The Balaban J connectivity index is 2.39. The second-order valence-corrected chi connectivity index (χ2v) is 5.21. The number of amides is 1. The minimum Gasteiger partial charge on any atom is -0.395 e. The molecule has 20 heavy (non-hydrogen) atoms. The molecule has 0 saturated carbocycles. The number of hydrogen-bond acceptors (Lipinski definition) is 2. The number of carbonyl (C=O) groups excluding carboxylic acids is 1. The molecule has 1 aromatic heterocycles. The first kappa shape index (κ1) is 14.7. The van der Waals surface area contributed by atoms with Crippen molar-refractivity contribution < 1.29 is 14.3 Å². The minimum absolute atomic E-state index is 0.139. The van der Waals surface area contributed by atoms with Crippen molar-refractivity contribution in [2.24, 2.45) is 0 Å². The van der Waals surface area contributed by atoms with Crippen molar-refractivity contribution in [2.45, 2.75) is 0 Å². The molecule has 0 spiro atoms. The number of halogens is 2. The summed E-state index contributed by atoms with van der Waals surface area (Å²) in [5.41, 5.74) is 0.829. The van der Waals surface area contributed by atoms with Gasteiger partial charge in [0.25, 0.3) is 5.91 Å². The van der Waals surface area contributed by atoms with Crippen LogP contribution < -0.4 is 0 Å². The second-order valence-electron chi connectivity index (χ2n) is 4.30. The fraction of sp³-hybridized carbons (Fsp3) is 0.214. The lowest BCUT2D eigenvalue weighted by molar-refractivity contribution is 0.0738. The van der Waals surface area contributed by atoms with E-state index in [9.17, 15) is 9.18 Å². The third-order valence-corrected chi connectivity index (χ3v) is 3.35. The van der Waals surface area contributed by atoms with Crippen molar-refractivity contribution >= 4 is 32.7 Å². The first-order chi connectivity index (χ1) is 9.56. The van der Waals surface area contributed by atoms with Crippen molar-refractivity contribution in [3.05, 3.63) is 46.8 Å². The van der Waals surface area contributed by atoms with Gasteiger partial charge >= 0.3 is 0 Å². The third-order valence-electron chi connectivity index (χ3n) is 2.89. The standard InChI is InChI=1S/C14H14BrFN2O2/c1-2-3-18(4-5-19)14(20)13-8-10-11(16)6-9(15)7-12(10)17-13/h2,6-8,17,19H,1,3-5H2. The van der Waals surface area contributed by atoms with Crippen LogP contribution in [0.2, 0.25) is 0 Å². The van der Waals surface area contributed by atoms with E-state index in [1.807, 2.05) is 0 Å². The molecule has 0 aliphatic heterocycles. The Kier molecular flexibility index (Phi) is 4.57. The maximum atomic E-state index is 13.8. The van der Waals surface area contributed by atoms with Gasteiger partial charge in [0.2, 0.25) is 0 Å². The lowest BCUT2D eigenvalue weighted by Gasteiger charge is -2.18. The second kappa shape index (κ2) is 6.19. The fourth-order valence-corrected chi connectivity index (χ4v) is 2.43. The number of nitrogens with zero attached hydrogens (tertiary/aromatic N) is 1. The van der Waals surface area contributed by atoms with E-state index in [0.29, 0.717) is 21.9 Å². The molecule has 1 heterocycles. The highest BCUT2D eigenvalue weighted by Gasteiger charge is 2.17. The molecule has 0 saturated heterocycles. The Morgan fingerprint density at radius 1 is 1.50 bits per heavy atom. The number of aromatic amines is 1. The van der Waals surface area contributed by atoms with E-state index >= 15 is 0 Å². The van der Waals surface area contributed by atoms with E-state index in [2.05, 4.69) is 27.5 Å². The maximum Gasteiger partial charge on any atom is 0.270 e. The Morgan fingerprint density at radius 3 is 2.90 bits per heavy atom. The summed E-state index contributed by atoms with van der Waals surface area (Å²) in [5.74, 6) is -0.701. The molecule has 6 heteroatoms. The Labute approximate surface area is 124 Å². The number of aromatic nitrogens is 1. The number of fused-ring (bicyclic) bond motifs is 1. The van der Waals surface area contributed by atoms with Crippen LogP contribution in [0.25, 0.3) is 10.9 Å². The number of nitrogens with one attached hydrogen (secondary N) is 1. The normalized spacial score (nSPS) is 10.8. The molecule has 0 atom stereocenters. The molecule has 2 N–H and O–H groups in total. The van der Waals surface area contributed by atoms with Gasteiger partial charge in [-0.3, -0.25) is 4.79 Å². The molecule has 0 aliphatic rings. The number of benzene rings is 1. The number of aliphatic hydroxyl groups excluding tert-OH is 1. The van der Waals surface area contributed by atoms with Crippen LogP contribution in [0, 0.1) is 5.82 Å². The quantitative estimate of drug-likeness (QED) is 0.822. The first-order valence-corrected chi connectivity index (χ1v) is 6.85. The zero-order chi connectivity index (χ0) is 14.7. The Morgan fingerprint density at radius 2 is 2.25 bits per heavy atom. The molecule has 106 valence electrons. The summed E-state index contributed by atoms with van der Waals surface area (Å²) in [4.78, 5) is 16.6. The van der Waals surface area contributed by atoms with Crippen LogP contribution in [-0.2, 0) is 0 Å². The summed E-state index contributed by atoms with van der Waals surface area (Å²) in [7, 11) is 0. The third kappa shape index (κ3) is 2.91. The fourth-order valence-electron chi connectivity index (χ4n) is 2.00. The highest BCUT2D eigenvalue weighted by Crippen LogP contribution is 2.24. The van der Waals surface area contributed by atoms with Gasteiger partial charge in [0.15, 0.2) is 0 Å². The average molecular weight is 341 g/mol. The summed E-state index contributed by atoms with van der Waals surface area (Å²) in [6.07, 6.45) is 1.58. The summed E-state index contributed by atoms with van der Waals surface area (Å²) < 4.78 is 14.4. The van der Waals surface area contributed by atoms with Crippen molar-refractivity contribution in [3.8, 4) is 0 Å². The molecular weight excluding hydrogens is 327 g/mol. The van der Waals surface area contributed by atoms with Gasteiger partial charge < -0.3 is 15.0 Å². The van der Waals surface area contributed by atoms with Crippen LogP contribution in [0.5, 0.6) is 0 Å². The van der Waals surface area contributed by atoms with E-state index in [1.165, 1.54) is 17.0 Å². The predicted octanol–water partition coefficient (Wildman–Crippen LogP) is 2.69. The van der Waals surface area contributed by atoms with Gasteiger partial charge in [0.1, 0.15) is 11.5 Å². The van der Waals surface area contributed by atoms with Crippen LogP contribution in [0.3, 0.4) is 0 Å². The van der Waals surface area contributed by atoms with Gasteiger partial charge in [-0.15, -0.1) is 6.58 Å². The van der Waals surface area contributed by atoms with Crippen LogP contribution in [0.4, 0.5) is 4.39 Å². The summed E-state index contributed by atoms with van der Waals surface area (Å²) >= 11 is 3.21. The van der Waals surface area contributed by atoms with Crippen molar-refractivity contribution in [3.63, 3.8) is 0 Å². The van der Waals surface area contributed by atoms with Crippen molar-refractivity contribution in [1.29, 1.82) is 0 Å². The van der Waals surface area contributed by atoms with E-state index in [1.54, 1.807) is 12.1 Å². The van der Waals surface area contributed by atoms with E-state index in [-0.39, 0.29) is 24.8 Å². The van der Waals surface area contributed by atoms with Gasteiger partial charge in [0.05, 0.1) is 12.1 Å². The highest BCUT2D eigenvalue weighted by atomic mass is 79.9. The smallest absolute Gasteiger partial charge is 0.270 e. The Hall–Kier alpha value is -1.66. The molecule has 0 fully saturated rings. The van der Waals surface area contributed by atoms with E-state index < -0.39 is 5.82 Å². The van der Waals surface area contributed by atoms with Crippen LogP contribution in [-0.4, -0.2) is 40.6 Å². The van der Waals surface area contributed by atoms with Crippen molar-refractivity contribution in [2.75, 3.05) is 19.7 Å².